The maximum absolute atomic E-state index is 14.4. The molecule has 466 valence electrons. The molecule has 0 bridgehead atoms. The first-order valence-corrected chi connectivity index (χ1v) is 30.0. The molecule has 4 aromatic rings. The Balaban J connectivity index is 1.23. The van der Waals surface area contributed by atoms with Gasteiger partial charge in [0.15, 0.2) is 0 Å². The number of benzene rings is 4. The maximum atomic E-state index is 14.4. The zero-order valence-corrected chi connectivity index (χ0v) is 51.3. The fraction of sp³-hybridized carbons (Fsp3) is 0.484. The number of carbonyl (C=O) groups is 9. The lowest BCUT2D eigenvalue weighted by Gasteiger charge is -2.38. The molecule has 4 aromatic carbocycles. The van der Waals surface area contributed by atoms with E-state index in [1.807, 2.05) is 81.1 Å². The number of carbonyl (C=O) groups excluding carboxylic acids is 9. The average molecular weight is 1210 g/mol. The highest BCUT2D eigenvalue weighted by Gasteiger charge is 2.34. The molecule has 1 saturated heterocycles. The van der Waals surface area contributed by atoms with Gasteiger partial charge in [-0.15, -0.1) is 0 Å². The average Bonchev–Trinajstić information content (AvgIpc) is 3.57. The molecule has 6 atom stereocenters. The number of likely N-dealkylation sites (tertiary alicyclic amines) is 1. The number of hydrogen-bond donors (Lipinski definition) is 10. The largest absolute Gasteiger partial charge is 0.508 e. The zero-order chi connectivity index (χ0) is 63.0. The van der Waals surface area contributed by atoms with Crippen molar-refractivity contribution >= 4 is 70.5 Å². The molecule has 0 spiro atoms. The third-order valence-electron chi connectivity index (χ3n) is 15.1. The zero-order valence-electron chi connectivity index (χ0n) is 50.6. The van der Waals surface area contributed by atoms with Crippen molar-refractivity contribution in [1.82, 2.24) is 42.1 Å². The van der Waals surface area contributed by atoms with Crippen LogP contribution in [0.25, 0.3) is 0 Å². The summed E-state index contributed by atoms with van der Waals surface area (Å²) in [5.74, 6) is -6.14. The quantitative estimate of drug-likeness (QED) is 0.0333. The van der Waals surface area contributed by atoms with E-state index in [4.69, 9.17) is 23.1 Å². The molecule has 1 fully saturated rings. The van der Waals surface area contributed by atoms with Gasteiger partial charge in [0.05, 0.1) is 12.6 Å². The molecule has 0 saturated carbocycles. The molecule has 0 aliphatic carbocycles. The number of para-hydroxylation sites is 1. The first-order chi connectivity index (χ1) is 40.9. The van der Waals surface area contributed by atoms with Crippen LogP contribution in [-0.2, 0) is 62.4 Å². The van der Waals surface area contributed by atoms with Crippen LogP contribution < -0.4 is 53.6 Å². The Morgan fingerprint density at radius 3 is 1.79 bits per heavy atom. The summed E-state index contributed by atoms with van der Waals surface area (Å²) < 4.78 is 0. The van der Waals surface area contributed by atoms with E-state index in [0.29, 0.717) is 10.6 Å². The number of nitrogens with one attached hydrogen (secondary N) is 7. The lowest BCUT2D eigenvalue weighted by Crippen LogP contribution is -2.59. The molecule has 86 heavy (non-hydrogen) atoms. The van der Waals surface area contributed by atoms with Crippen molar-refractivity contribution in [1.29, 1.82) is 0 Å². The van der Waals surface area contributed by atoms with E-state index >= 15 is 0 Å². The number of aryl methyl sites for hydroxylation is 2. The van der Waals surface area contributed by atoms with Gasteiger partial charge in [-0.25, -0.2) is 0 Å². The number of rotatable bonds is 32. The van der Waals surface area contributed by atoms with Crippen LogP contribution in [0.4, 0.5) is 5.69 Å². The van der Waals surface area contributed by atoms with Crippen molar-refractivity contribution in [2.24, 2.45) is 23.3 Å². The summed E-state index contributed by atoms with van der Waals surface area (Å²) in [6.45, 7) is 14.3. The second-order valence-corrected chi connectivity index (χ2v) is 23.6. The number of hydrogen-bond acceptors (Lipinski definition) is 12. The molecule has 1 aliphatic rings. The Hall–Kier alpha value is -7.88. The maximum Gasteiger partial charge on any atom is 0.243 e. The van der Waals surface area contributed by atoms with E-state index in [0.717, 1.165) is 61.3 Å². The van der Waals surface area contributed by atoms with Gasteiger partial charge in [0.2, 0.25) is 53.2 Å². The lowest BCUT2D eigenvalue weighted by molar-refractivity contribution is -0.135. The number of nitrogens with two attached hydrogens (primary N) is 2. The number of anilines is 1. The van der Waals surface area contributed by atoms with Crippen molar-refractivity contribution in [2.45, 2.75) is 155 Å². The minimum absolute atomic E-state index is 0.00319. The molecule has 22 heteroatoms. The third-order valence-corrected chi connectivity index (χ3v) is 15.3. The highest BCUT2D eigenvalue weighted by atomic mass is 35.5. The number of amides is 9. The van der Waals surface area contributed by atoms with E-state index in [2.05, 4.69) is 54.3 Å². The van der Waals surface area contributed by atoms with Crippen molar-refractivity contribution < 1.29 is 48.3 Å². The summed E-state index contributed by atoms with van der Waals surface area (Å²) in [6, 6.07) is 22.1. The van der Waals surface area contributed by atoms with Crippen LogP contribution in [0.5, 0.6) is 5.75 Å². The number of phenols is 1. The lowest BCUT2D eigenvalue weighted by atomic mass is 9.96. The number of aromatic hydroxyl groups is 1. The molecule has 1 heterocycles. The van der Waals surface area contributed by atoms with Gasteiger partial charge in [-0.1, -0.05) is 100.0 Å². The molecule has 12 N–H and O–H groups in total. The van der Waals surface area contributed by atoms with Gasteiger partial charge >= 0.3 is 0 Å². The molecule has 0 aromatic heterocycles. The highest BCUT2D eigenvalue weighted by Crippen LogP contribution is 2.26. The Bertz CT molecular complexity index is 2900. The molecule has 21 nitrogen and oxygen atoms in total. The first kappa shape index (κ1) is 68.9. The van der Waals surface area contributed by atoms with Crippen LogP contribution in [0.1, 0.15) is 107 Å². The van der Waals surface area contributed by atoms with E-state index in [1.54, 1.807) is 50.2 Å². The number of halogens is 1. The number of primary amides is 1. The smallest absolute Gasteiger partial charge is 0.243 e. The van der Waals surface area contributed by atoms with Crippen LogP contribution >= 0.6 is 11.6 Å². The van der Waals surface area contributed by atoms with Gasteiger partial charge < -0.3 is 63.6 Å². The van der Waals surface area contributed by atoms with Gasteiger partial charge in [-0.2, -0.15) is 0 Å². The van der Waals surface area contributed by atoms with Crippen LogP contribution in [0, 0.1) is 25.7 Å². The van der Waals surface area contributed by atoms with E-state index in [1.165, 1.54) is 12.5 Å². The van der Waals surface area contributed by atoms with Crippen molar-refractivity contribution in [3.63, 3.8) is 0 Å². The Morgan fingerprint density at radius 1 is 0.628 bits per heavy atom. The summed E-state index contributed by atoms with van der Waals surface area (Å²) >= 11 is 6.16. The molecule has 9 amide bonds. The van der Waals surface area contributed by atoms with Crippen molar-refractivity contribution in [3.8, 4) is 5.75 Å². The van der Waals surface area contributed by atoms with E-state index < -0.39 is 90.1 Å². The normalized spacial score (nSPS) is 14.8. The number of nitrogens with zero attached hydrogens (tertiary/aromatic N) is 2. The summed E-state index contributed by atoms with van der Waals surface area (Å²) in [4.78, 5) is 127. The number of phenolic OH excluding ortho intramolecular Hbond substituents is 1. The summed E-state index contributed by atoms with van der Waals surface area (Å²) in [5, 5.41) is 28.9. The highest BCUT2D eigenvalue weighted by molar-refractivity contribution is 6.30. The molecule has 0 unspecified atom stereocenters. The fourth-order valence-electron chi connectivity index (χ4n) is 10.4. The predicted octanol–water partition coefficient (Wildman–Crippen LogP) is 3.94. The summed E-state index contributed by atoms with van der Waals surface area (Å²) in [6.07, 6.45) is 2.25. The van der Waals surface area contributed by atoms with Crippen LogP contribution in [0.15, 0.2) is 97.1 Å². The van der Waals surface area contributed by atoms with Crippen molar-refractivity contribution in [3.05, 3.63) is 130 Å². The first-order valence-electron chi connectivity index (χ1n) is 29.6. The fourth-order valence-corrected chi connectivity index (χ4v) is 10.5. The van der Waals surface area contributed by atoms with Crippen molar-refractivity contribution in [2.75, 3.05) is 37.6 Å². The van der Waals surface area contributed by atoms with Gasteiger partial charge in [-0.05, 0) is 142 Å². The molecule has 5 rings (SSSR count). The molecule has 0 radical (unpaired) electrons. The van der Waals surface area contributed by atoms with Gasteiger partial charge in [0, 0.05) is 62.2 Å². The van der Waals surface area contributed by atoms with Gasteiger partial charge in [0.1, 0.15) is 36.0 Å². The second-order valence-electron chi connectivity index (χ2n) is 23.2. The van der Waals surface area contributed by atoms with E-state index in [9.17, 15) is 48.3 Å². The minimum Gasteiger partial charge on any atom is -0.508 e. The van der Waals surface area contributed by atoms with Crippen LogP contribution in [-0.4, -0.2) is 138 Å². The van der Waals surface area contributed by atoms with Gasteiger partial charge in [-0.3, -0.25) is 43.2 Å². The summed E-state index contributed by atoms with van der Waals surface area (Å²) in [7, 11) is 0. The Kier molecular flexibility index (Phi) is 27.5. The number of piperidine rings is 1. The minimum atomic E-state index is -1.41. The molecular weight excluding hydrogens is 1120 g/mol. The Morgan fingerprint density at radius 2 is 1.19 bits per heavy atom. The third kappa shape index (κ3) is 22.8. The molecular formula is C64H88ClN11O10. The predicted molar refractivity (Wildman–Crippen MR) is 331 cm³/mol. The van der Waals surface area contributed by atoms with Crippen LogP contribution in [0.2, 0.25) is 5.02 Å². The molecule has 1 aliphatic heterocycles. The topological polar surface area (TPSA) is 317 Å². The van der Waals surface area contributed by atoms with Gasteiger partial charge in [0.25, 0.3) is 0 Å². The Labute approximate surface area is 510 Å². The monoisotopic (exact) mass is 1210 g/mol. The van der Waals surface area contributed by atoms with E-state index in [-0.39, 0.29) is 81.0 Å². The second kappa shape index (κ2) is 34.3. The summed E-state index contributed by atoms with van der Waals surface area (Å²) in [5.41, 5.74) is 16.8. The SMILES string of the molecule is Cc1cc(O)cc(C)c1C[C@H](N)C(=O)N[C@H](C)C(=O)NCC(=O)N[C@@H](Cc1ccc(Cl)cc1)C(=O)N[C@H](CC(C)C)C(=O)N[C@@H](CCC(=O)NCCC(=O)N(c1ccccc1)C1CCN(CCc2ccccc2)CC1)C(=O)N[C@@H](CC(C)C)C(N)=O. The van der Waals surface area contributed by atoms with Crippen LogP contribution in [0.3, 0.4) is 0 Å². The standard InChI is InChI=1S/C64H88ClN11O10/c1-39(2)32-53(59(67)81)73-62(84)52(22-23-56(78)68-28-24-58(80)76(47-16-12-9-13-17-47)48-26-30-75(31-27-48)29-25-44-14-10-8-11-15-44)72-63(85)54(33-40(3)4)74-64(86)55(36-45-18-20-46(65)21-19-45)71-57(79)38-69-60(82)43(7)70-61(83)51(66)37-50-41(5)34-49(77)35-42(50)6/h8-21,34-35,39-40,43,48,51-55,77H,22-33,36-38,66H2,1-7H3,(H2,67,81)(H,68,78)(H,69,82)(H,70,83)(H,71,79)(H,72,85)(H,73,84)(H,74,86)/t43-,51+,52+,53+,54-,55+/m1/s1.